The molecule has 0 bridgehead atoms. The molecule has 1 atom stereocenters. The van der Waals surface area contributed by atoms with Crippen molar-refractivity contribution in [1.82, 2.24) is 0 Å². The van der Waals surface area contributed by atoms with Gasteiger partial charge in [-0.2, -0.15) is 0 Å². The number of rotatable bonds is 2. The maximum absolute atomic E-state index is 6.65. The van der Waals surface area contributed by atoms with E-state index in [1.54, 1.807) is 11.3 Å². The van der Waals surface area contributed by atoms with Crippen molar-refractivity contribution in [3.05, 3.63) is 55.2 Å². The van der Waals surface area contributed by atoms with Crippen LogP contribution in [0.4, 0.5) is 0 Å². The van der Waals surface area contributed by atoms with E-state index in [-0.39, 0.29) is 5.38 Å². The zero-order chi connectivity index (χ0) is 12.6. The Morgan fingerprint density at radius 2 is 1.76 bits per heavy atom. The van der Waals surface area contributed by atoms with Gasteiger partial charge in [-0.25, -0.2) is 0 Å². The Hall–Kier alpha value is -0.310. The monoisotopic (exact) mass is 328 g/mol. The van der Waals surface area contributed by atoms with Crippen LogP contribution in [0.15, 0.2) is 28.1 Å². The topological polar surface area (TPSA) is 0 Å². The van der Waals surface area contributed by atoms with Crippen molar-refractivity contribution in [2.45, 2.75) is 26.1 Å². The Bertz CT molecular complexity index is 525. The van der Waals surface area contributed by atoms with Crippen molar-refractivity contribution in [3.63, 3.8) is 0 Å². The third kappa shape index (κ3) is 2.59. The number of benzene rings is 1. The summed E-state index contributed by atoms with van der Waals surface area (Å²) in [4.78, 5) is 1.28. The van der Waals surface area contributed by atoms with Gasteiger partial charge in [0.15, 0.2) is 0 Å². The van der Waals surface area contributed by atoms with E-state index in [1.165, 1.54) is 27.1 Å². The molecule has 90 valence electrons. The zero-order valence-corrected chi connectivity index (χ0v) is 13.2. The van der Waals surface area contributed by atoms with Gasteiger partial charge in [-0.1, -0.05) is 18.2 Å². The van der Waals surface area contributed by atoms with E-state index in [1.807, 2.05) is 0 Å². The first-order chi connectivity index (χ1) is 8.00. The van der Waals surface area contributed by atoms with E-state index < -0.39 is 0 Å². The highest BCUT2D eigenvalue weighted by molar-refractivity contribution is 9.11. The van der Waals surface area contributed by atoms with E-state index >= 15 is 0 Å². The maximum atomic E-state index is 6.65. The van der Waals surface area contributed by atoms with E-state index in [2.05, 4.69) is 61.0 Å². The molecule has 0 N–H and O–H groups in total. The quantitative estimate of drug-likeness (QED) is 0.614. The zero-order valence-electron chi connectivity index (χ0n) is 10.1. The van der Waals surface area contributed by atoms with Crippen molar-refractivity contribution in [2.75, 3.05) is 0 Å². The number of alkyl halides is 1. The smallest absolute Gasteiger partial charge is 0.0851 e. The maximum Gasteiger partial charge on any atom is 0.0851 e. The minimum Gasteiger partial charge on any atom is -0.133 e. The molecule has 0 aliphatic rings. The summed E-state index contributed by atoms with van der Waals surface area (Å²) in [7, 11) is 0. The van der Waals surface area contributed by atoms with Gasteiger partial charge in [0.1, 0.15) is 0 Å². The molecule has 3 heteroatoms. The largest absolute Gasteiger partial charge is 0.133 e. The number of thiophene rings is 1. The van der Waals surface area contributed by atoms with E-state index in [0.29, 0.717) is 0 Å². The SMILES string of the molecule is Cc1cccc(C)c1C(Cl)c1cc(Br)sc1C. The molecule has 0 aliphatic heterocycles. The molecular weight excluding hydrogens is 316 g/mol. The van der Waals surface area contributed by atoms with Crippen LogP contribution in [0.2, 0.25) is 0 Å². The van der Waals surface area contributed by atoms with E-state index in [9.17, 15) is 0 Å². The fourth-order valence-corrected chi connectivity index (χ4v) is 4.48. The lowest BCUT2D eigenvalue weighted by Crippen LogP contribution is -1.99. The molecule has 0 aliphatic carbocycles. The Morgan fingerprint density at radius 3 is 2.24 bits per heavy atom. The van der Waals surface area contributed by atoms with Crippen molar-refractivity contribution in [3.8, 4) is 0 Å². The van der Waals surface area contributed by atoms with Gasteiger partial charge in [-0.15, -0.1) is 22.9 Å². The van der Waals surface area contributed by atoms with Crippen LogP contribution in [0.3, 0.4) is 0 Å². The van der Waals surface area contributed by atoms with Gasteiger partial charge in [0.2, 0.25) is 0 Å². The van der Waals surface area contributed by atoms with Crippen LogP contribution in [0.25, 0.3) is 0 Å². The molecule has 1 unspecified atom stereocenters. The van der Waals surface area contributed by atoms with Crippen LogP contribution in [0, 0.1) is 20.8 Å². The summed E-state index contributed by atoms with van der Waals surface area (Å²) in [5, 5.41) is -0.0567. The number of hydrogen-bond acceptors (Lipinski definition) is 1. The van der Waals surface area contributed by atoms with Gasteiger partial charge in [0, 0.05) is 4.88 Å². The molecule has 17 heavy (non-hydrogen) atoms. The van der Waals surface area contributed by atoms with Crippen LogP contribution in [-0.2, 0) is 0 Å². The average Bonchev–Trinajstić information content (AvgIpc) is 2.57. The molecule has 2 aromatic rings. The highest BCUT2D eigenvalue weighted by atomic mass is 79.9. The van der Waals surface area contributed by atoms with Gasteiger partial charge in [-0.3, -0.25) is 0 Å². The van der Waals surface area contributed by atoms with Crippen molar-refractivity contribution >= 4 is 38.9 Å². The molecule has 0 amide bonds. The number of halogens is 2. The van der Waals surface area contributed by atoms with E-state index in [0.717, 1.165) is 3.79 Å². The first-order valence-corrected chi connectivity index (χ1v) is 7.51. The summed E-state index contributed by atoms with van der Waals surface area (Å²) in [5.74, 6) is 0. The second kappa shape index (κ2) is 5.13. The van der Waals surface area contributed by atoms with Crippen LogP contribution >= 0.6 is 38.9 Å². The molecule has 2 rings (SSSR count). The van der Waals surface area contributed by atoms with Crippen molar-refractivity contribution in [2.24, 2.45) is 0 Å². The normalized spacial score (nSPS) is 12.8. The average molecular weight is 330 g/mol. The van der Waals surface area contributed by atoms with Crippen LogP contribution in [-0.4, -0.2) is 0 Å². The standard InChI is InChI=1S/C14H14BrClS/c1-8-5-4-6-9(2)13(8)14(16)11-7-12(15)17-10(11)3/h4-7,14H,1-3H3. The van der Waals surface area contributed by atoms with Crippen molar-refractivity contribution < 1.29 is 0 Å². The fourth-order valence-electron chi connectivity index (χ4n) is 2.09. The highest BCUT2D eigenvalue weighted by Gasteiger charge is 2.19. The molecule has 0 nitrogen and oxygen atoms in total. The highest BCUT2D eigenvalue weighted by Crippen LogP contribution is 2.39. The van der Waals surface area contributed by atoms with Crippen molar-refractivity contribution in [1.29, 1.82) is 0 Å². The third-order valence-electron chi connectivity index (χ3n) is 2.99. The van der Waals surface area contributed by atoms with Gasteiger partial charge < -0.3 is 0 Å². The molecule has 1 aromatic carbocycles. The molecule has 0 saturated carbocycles. The lowest BCUT2D eigenvalue weighted by atomic mass is 9.96. The molecular formula is C14H14BrClS. The summed E-state index contributed by atoms with van der Waals surface area (Å²) in [6.45, 7) is 6.36. The number of hydrogen-bond donors (Lipinski definition) is 0. The molecule has 0 spiro atoms. The van der Waals surface area contributed by atoms with Gasteiger partial charge in [-0.05, 0) is 65.0 Å². The predicted octanol–water partition coefficient (Wildman–Crippen LogP) is 5.76. The molecule has 0 radical (unpaired) electrons. The Labute approximate surface area is 120 Å². The lowest BCUT2D eigenvalue weighted by Gasteiger charge is -2.15. The van der Waals surface area contributed by atoms with Gasteiger partial charge in [0.05, 0.1) is 9.16 Å². The Balaban J connectivity index is 2.51. The summed E-state index contributed by atoms with van der Waals surface area (Å²) >= 11 is 11.9. The molecule has 0 saturated heterocycles. The van der Waals surface area contributed by atoms with E-state index in [4.69, 9.17) is 11.6 Å². The van der Waals surface area contributed by atoms with Gasteiger partial charge in [0.25, 0.3) is 0 Å². The number of aryl methyl sites for hydroxylation is 3. The van der Waals surface area contributed by atoms with Crippen LogP contribution in [0.1, 0.15) is 32.5 Å². The predicted molar refractivity (Wildman–Crippen MR) is 80.4 cm³/mol. The van der Waals surface area contributed by atoms with Crippen LogP contribution in [0.5, 0.6) is 0 Å². The molecule has 0 fully saturated rings. The Kier molecular flexibility index (Phi) is 3.96. The second-order valence-corrected chi connectivity index (χ2v) is 7.30. The second-order valence-electron chi connectivity index (χ2n) is 4.23. The molecule has 1 heterocycles. The first kappa shape index (κ1) is 13.1. The minimum atomic E-state index is -0.0567. The summed E-state index contributed by atoms with van der Waals surface area (Å²) < 4.78 is 1.14. The minimum absolute atomic E-state index is 0.0567. The Morgan fingerprint density at radius 1 is 1.18 bits per heavy atom. The molecule has 1 aromatic heterocycles. The summed E-state index contributed by atoms with van der Waals surface area (Å²) in [6, 6.07) is 8.45. The fraction of sp³-hybridized carbons (Fsp3) is 0.286. The van der Waals surface area contributed by atoms with Gasteiger partial charge >= 0.3 is 0 Å². The summed E-state index contributed by atoms with van der Waals surface area (Å²) in [6.07, 6.45) is 0. The van der Waals surface area contributed by atoms with Crippen LogP contribution < -0.4 is 0 Å². The summed E-state index contributed by atoms with van der Waals surface area (Å²) in [5.41, 5.74) is 4.96. The first-order valence-electron chi connectivity index (χ1n) is 5.46. The third-order valence-corrected chi connectivity index (χ3v) is 5.02. The lowest BCUT2D eigenvalue weighted by molar-refractivity contribution is 1.08.